The van der Waals surface area contributed by atoms with Gasteiger partial charge < -0.3 is 5.32 Å². The maximum atomic E-state index is 4.48. The molecule has 0 saturated heterocycles. The van der Waals surface area contributed by atoms with Crippen molar-refractivity contribution in [3.63, 3.8) is 0 Å². The lowest BCUT2D eigenvalue weighted by Crippen LogP contribution is -2.20. The predicted molar refractivity (Wildman–Crippen MR) is 88.6 cm³/mol. The lowest BCUT2D eigenvalue weighted by atomic mass is 9.96. The highest BCUT2D eigenvalue weighted by molar-refractivity contribution is 5.38. The van der Waals surface area contributed by atoms with E-state index in [9.17, 15) is 0 Å². The van der Waals surface area contributed by atoms with Crippen LogP contribution in [0.4, 0.5) is 0 Å². The molecule has 1 aromatic heterocycles. The Morgan fingerprint density at radius 2 is 1.67 bits per heavy atom. The van der Waals surface area contributed by atoms with Crippen LogP contribution < -0.4 is 5.32 Å². The molecule has 2 rings (SSSR count). The predicted octanol–water partition coefficient (Wildman–Crippen LogP) is 3.81. The van der Waals surface area contributed by atoms with Gasteiger partial charge in [-0.1, -0.05) is 12.1 Å². The summed E-state index contributed by atoms with van der Waals surface area (Å²) in [4.78, 5) is 0. The number of hydrogen-bond acceptors (Lipinski definition) is 2. The fourth-order valence-electron chi connectivity index (χ4n) is 2.89. The Morgan fingerprint density at radius 1 is 1.05 bits per heavy atom. The minimum Gasteiger partial charge on any atom is -0.306 e. The molecule has 2 aromatic rings. The van der Waals surface area contributed by atoms with Gasteiger partial charge in [-0.3, -0.25) is 4.68 Å². The van der Waals surface area contributed by atoms with Crippen LogP contribution in [-0.2, 0) is 13.6 Å². The molecule has 0 aliphatic rings. The highest BCUT2D eigenvalue weighted by Crippen LogP contribution is 2.22. The van der Waals surface area contributed by atoms with Crippen LogP contribution >= 0.6 is 0 Å². The Labute approximate surface area is 128 Å². The number of nitrogens with zero attached hydrogens (tertiary/aromatic N) is 2. The lowest BCUT2D eigenvalue weighted by molar-refractivity contribution is 0.568. The lowest BCUT2D eigenvalue weighted by Gasteiger charge is -2.18. The second-order valence-corrected chi connectivity index (χ2v) is 6.17. The van der Waals surface area contributed by atoms with Crippen LogP contribution in [0.15, 0.2) is 12.1 Å². The fraction of sp³-hybridized carbons (Fsp3) is 0.500. The van der Waals surface area contributed by atoms with E-state index < -0.39 is 0 Å². The monoisotopic (exact) mass is 285 g/mol. The molecule has 1 N–H and O–H groups in total. The van der Waals surface area contributed by atoms with Crippen molar-refractivity contribution in [3.8, 4) is 0 Å². The molecule has 114 valence electrons. The van der Waals surface area contributed by atoms with Crippen molar-refractivity contribution in [1.29, 1.82) is 0 Å². The summed E-state index contributed by atoms with van der Waals surface area (Å²) < 4.78 is 1.96. The van der Waals surface area contributed by atoms with E-state index >= 15 is 0 Å². The Morgan fingerprint density at radius 3 is 2.24 bits per heavy atom. The zero-order valence-electron chi connectivity index (χ0n) is 14.3. The van der Waals surface area contributed by atoms with Gasteiger partial charge in [0.1, 0.15) is 0 Å². The van der Waals surface area contributed by atoms with Gasteiger partial charge in [0.05, 0.1) is 5.69 Å². The summed E-state index contributed by atoms with van der Waals surface area (Å²) in [5, 5.41) is 8.13. The largest absolute Gasteiger partial charge is 0.306 e. The van der Waals surface area contributed by atoms with Crippen LogP contribution in [0.2, 0.25) is 0 Å². The average Bonchev–Trinajstić information content (AvgIpc) is 2.65. The first kappa shape index (κ1) is 15.8. The van der Waals surface area contributed by atoms with Gasteiger partial charge in [0.25, 0.3) is 0 Å². The molecular weight excluding hydrogens is 258 g/mol. The van der Waals surface area contributed by atoms with Crippen LogP contribution in [0.1, 0.15) is 52.2 Å². The van der Waals surface area contributed by atoms with Gasteiger partial charge >= 0.3 is 0 Å². The number of aromatic nitrogens is 2. The molecule has 0 aliphatic carbocycles. The molecule has 0 saturated carbocycles. The van der Waals surface area contributed by atoms with Crippen LogP contribution in [0, 0.1) is 34.6 Å². The van der Waals surface area contributed by atoms with Crippen molar-refractivity contribution in [2.24, 2.45) is 7.05 Å². The fourth-order valence-corrected chi connectivity index (χ4v) is 2.89. The standard InChI is InChI=1S/C18H27N3/c1-11-8-13(3)17(9-12(11)2)14(4)19-10-18-15(5)20-21(7)16(18)6/h8-9,14,19H,10H2,1-7H3. The van der Waals surface area contributed by atoms with Crippen molar-refractivity contribution in [2.75, 3.05) is 0 Å². The third-order valence-corrected chi connectivity index (χ3v) is 4.59. The maximum absolute atomic E-state index is 4.48. The van der Waals surface area contributed by atoms with Crippen molar-refractivity contribution in [1.82, 2.24) is 15.1 Å². The van der Waals surface area contributed by atoms with E-state index in [0.29, 0.717) is 6.04 Å². The SMILES string of the molecule is Cc1cc(C)c(C(C)NCc2c(C)nn(C)c2C)cc1C. The molecule has 0 aliphatic heterocycles. The Hall–Kier alpha value is -1.61. The van der Waals surface area contributed by atoms with Crippen LogP contribution in [0.5, 0.6) is 0 Å². The molecule has 0 fully saturated rings. The normalized spacial score (nSPS) is 12.7. The number of nitrogens with one attached hydrogen (secondary N) is 1. The number of aryl methyl sites for hydroxylation is 5. The Kier molecular flexibility index (Phi) is 4.52. The van der Waals surface area contributed by atoms with Gasteiger partial charge in [-0.2, -0.15) is 5.10 Å². The van der Waals surface area contributed by atoms with Crippen molar-refractivity contribution < 1.29 is 0 Å². The van der Waals surface area contributed by atoms with E-state index in [1.807, 2.05) is 11.7 Å². The second kappa shape index (κ2) is 6.02. The van der Waals surface area contributed by atoms with E-state index in [4.69, 9.17) is 0 Å². The van der Waals surface area contributed by atoms with Gasteiger partial charge in [0.15, 0.2) is 0 Å². The van der Waals surface area contributed by atoms with E-state index in [0.717, 1.165) is 12.2 Å². The number of hydrogen-bond donors (Lipinski definition) is 1. The zero-order valence-corrected chi connectivity index (χ0v) is 14.3. The second-order valence-electron chi connectivity index (χ2n) is 6.17. The van der Waals surface area contributed by atoms with Crippen molar-refractivity contribution in [3.05, 3.63) is 51.3 Å². The van der Waals surface area contributed by atoms with Crippen LogP contribution in [0.3, 0.4) is 0 Å². The van der Waals surface area contributed by atoms with E-state index in [1.54, 1.807) is 0 Å². The van der Waals surface area contributed by atoms with Gasteiger partial charge in [-0.25, -0.2) is 0 Å². The summed E-state index contributed by atoms with van der Waals surface area (Å²) in [6.07, 6.45) is 0. The molecule has 0 bridgehead atoms. The Balaban J connectivity index is 2.15. The zero-order chi connectivity index (χ0) is 15.7. The Bertz CT molecular complexity index is 653. The van der Waals surface area contributed by atoms with Gasteiger partial charge in [0, 0.05) is 30.9 Å². The summed E-state index contributed by atoms with van der Waals surface area (Å²) in [7, 11) is 2.00. The summed E-state index contributed by atoms with van der Waals surface area (Å²) >= 11 is 0. The molecule has 1 unspecified atom stereocenters. The average molecular weight is 285 g/mol. The summed E-state index contributed by atoms with van der Waals surface area (Å²) in [6.45, 7) is 13.9. The van der Waals surface area contributed by atoms with Gasteiger partial charge in [0.2, 0.25) is 0 Å². The van der Waals surface area contributed by atoms with E-state index in [-0.39, 0.29) is 0 Å². The van der Waals surface area contributed by atoms with Crippen molar-refractivity contribution in [2.45, 2.75) is 54.1 Å². The highest BCUT2D eigenvalue weighted by Gasteiger charge is 2.13. The summed E-state index contributed by atoms with van der Waals surface area (Å²) in [6, 6.07) is 4.93. The number of benzene rings is 1. The minimum absolute atomic E-state index is 0.336. The minimum atomic E-state index is 0.336. The molecule has 1 atom stereocenters. The topological polar surface area (TPSA) is 29.9 Å². The first-order chi connectivity index (χ1) is 9.81. The van der Waals surface area contributed by atoms with Crippen LogP contribution in [0.25, 0.3) is 0 Å². The molecule has 3 nitrogen and oxygen atoms in total. The molecule has 21 heavy (non-hydrogen) atoms. The smallest absolute Gasteiger partial charge is 0.0641 e. The summed E-state index contributed by atoms with van der Waals surface area (Å²) in [5.74, 6) is 0. The third kappa shape index (κ3) is 3.18. The van der Waals surface area contributed by atoms with Gasteiger partial charge in [-0.05, 0) is 63.8 Å². The molecule has 1 aromatic carbocycles. The number of rotatable bonds is 4. The van der Waals surface area contributed by atoms with Crippen LogP contribution in [-0.4, -0.2) is 9.78 Å². The first-order valence-corrected chi connectivity index (χ1v) is 7.61. The molecular formula is C18H27N3. The quantitative estimate of drug-likeness (QED) is 0.925. The van der Waals surface area contributed by atoms with E-state index in [1.165, 1.54) is 33.5 Å². The molecule has 0 radical (unpaired) electrons. The highest BCUT2D eigenvalue weighted by atomic mass is 15.3. The molecule has 1 heterocycles. The van der Waals surface area contributed by atoms with Crippen molar-refractivity contribution >= 4 is 0 Å². The molecule has 0 spiro atoms. The first-order valence-electron chi connectivity index (χ1n) is 7.61. The third-order valence-electron chi connectivity index (χ3n) is 4.59. The molecule has 3 heteroatoms. The van der Waals surface area contributed by atoms with Gasteiger partial charge in [-0.15, -0.1) is 0 Å². The maximum Gasteiger partial charge on any atom is 0.0641 e. The van der Waals surface area contributed by atoms with E-state index in [2.05, 4.69) is 64.1 Å². The summed E-state index contributed by atoms with van der Waals surface area (Å²) in [5.41, 5.74) is 9.14. The molecule has 0 amide bonds.